The van der Waals surface area contributed by atoms with Crippen molar-refractivity contribution in [3.63, 3.8) is 0 Å². The van der Waals surface area contributed by atoms with E-state index in [1.165, 1.54) is 16.8 Å². The number of nitrogens with zero attached hydrogens (tertiary/aromatic N) is 3. The number of rotatable bonds is 5. The van der Waals surface area contributed by atoms with Gasteiger partial charge in [0.2, 0.25) is 0 Å². The van der Waals surface area contributed by atoms with Gasteiger partial charge in [-0.2, -0.15) is 5.10 Å². The summed E-state index contributed by atoms with van der Waals surface area (Å²) in [4.78, 5) is 24.5. The van der Waals surface area contributed by atoms with Gasteiger partial charge < -0.3 is 5.11 Å². The maximum absolute atomic E-state index is 13.1. The van der Waals surface area contributed by atoms with Crippen molar-refractivity contribution < 1.29 is 14.7 Å². The fraction of sp³-hybridized carbons (Fsp3) is 0.261. The van der Waals surface area contributed by atoms with Crippen molar-refractivity contribution in [3.8, 4) is 16.9 Å². The molecule has 0 bridgehead atoms. The molecule has 33 heavy (non-hydrogen) atoms. The first-order chi connectivity index (χ1) is 15.8. The normalized spacial score (nSPS) is 14.3. The molecule has 0 atom stereocenters. The fourth-order valence-corrected chi connectivity index (χ4v) is 4.66. The summed E-state index contributed by atoms with van der Waals surface area (Å²) < 4.78 is 1.52. The molecule has 2 N–H and O–H groups in total. The number of carbonyl (C=O) groups excluding carboxylic acids is 1. The molecule has 3 aromatic rings. The number of carboxylic acids is 1. The van der Waals surface area contributed by atoms with Gasteiger partial charge in [0.1, 0.15) is 0 Å². The maximum Gasteiger partial charge on any atom is 0.335 e. The Labute approximate surface area is 205 Å². The van der Waals surface area contributed by atoms with E-state index in [-0.39, 0.29) is 22.2 Å². The fourth-order valence-electron chi connectivity index (χ4n) is 3.90. The molecule has 0 unspecified atom stereocenters. The molecule has 10 heteroatoms. The highest BCUT2D eigenvalue weighted by molar-refractivity contribution is 6.36. The Kier molecular flexibility index (Phi) is 6.95. The van der Waals surface area contributed by atoms with Crippen LogP contribution in [0, 0.1) is 6.92 Å². The minimum Gasteiger partial charge on any atom is -0.478 e. The number of nitrogens with one attached hydrogen (secondary N) is 1. The molecule has 172 valence electrons. The second-order valence-electron chi connectivity index (χ2n) is 7.82. The summed E-state index contributed by atoms with van der Waals surface area (Å²) in [6.07, 6.45) is 3.18. The topological polar surface area (TPSA) is 87.5 Å². The third-order valence-corrected chi connectivity index (χ3v) is 6.41. The van der Waals surface area contributed by atoms with Crippen molar-refractivity contribution in [3.05, 3.63) is 68.3 Å². The number of benzene rings is 2. The highest BCUT2D eigenvalue weighted by atomic mass is 35.5. The van der Waals surface area contributed by atoms with Crippen LogP contribution in [-0.4, -0.2) is 44.9 Å². The van der Waals surface area contributed by atoms with Crippen LogP contribution in [0.1, 0.15) is 45.7 Å². The van der Waals surface area contributed by atoms with E-state index in [0.717, 1.165) is 32.4 Å². The van der Waals surface area contributed by atoms with E-state index in [2.05, 4.69) is 10.5 Å². The average Bonchev–Trinajstić information content (AvgIpc) is 3.11. The Morgan fingerprint density at radius 3 is 2.36 bits per heavy atom. The summed E-state index contributed by atoms with van der Waals surface area (Å²) in [7, 11) is 0. The van der Waals surface area contributed by atoms with Crippen LogP contribution in [-0.2, 0) is 0 Å². The maximum atomic E-state index is 13.1. The Morgan fingerprint density at radius 2 is 1.73 bits per heavy atom. The molecule has 1 saturated heterocycles. The van der Waals surface area contributed by atoms with Crippen LogP contribution in [0.3, 0.4) is 0 Å². The molecule has 7 nitrogen and oxygen atoms in total. The van der Waals surface area contributed by atoms with Crippen LogP contribution in [0.5, 0.6) is 0 Å². The number of halogens is 3. The minimum absolute atomic E-state index is 0.0433. The zero-order chi connectivity index (χ0) is 23.7. The first-order valence-electron chi connectivity index (χ1n) is 10.4. The average molecular weight is 508 g/mol. The zero-order valence-corrected chi connectivity index (χ0v) is 20.0. The van der Waals surface area contributed by atoms with Gasteiger partial charge in [-0.1, -0.05) is 41.2 Å². The number of aromatic nitrogens is 2. The largest absolute Gasteiger partial charge is 0.478 e. The predicted molar refractivity (Wildman–Crippen MR) is 129 cm³/mol. The molecule has 0 aliphatic carbocycles. The number of amides is 1. The van der Waals surface area contributed by atoms with Gasteiger partial charge in [-0.15, -0.1) is 0 Å². The molecule has 1 aromatic heterocycles. The second-order valence-corrected chi connectivity index (χ2v) is 9.07. The molecule has 0 spiro atoms. The standard InChI is InChI=1S/C23H21Cl3N4O3/c1-13-20(22(31)28-29-9-3-2-4-10-29)27-30(19-8-5-14(23(32)33)11-18(19)26)21(13)16-7-6-15(24)12-17(16)25/h5-8,11-12H,2-4,9-10H2,1H3,(H,28,31)(H,32,33). The minimum atomic E-state index is -1.09. The van der Waals surface area contributed by atoms with Crippen molar-refractivity contribution >= 4 is 46.7 Å². The molecule has 4 rings (SSSR count). The third kappa shape index (κ3) is 4.87. The highest BCUT2D eigenvalue weighted by Gasteiger charge is 2.26. The van der Waals surface area contributed by atoms with Crippen LogP contribution >= 0.6 is 34.8 Å². The van der Waals surface area contributed by atoms with Gasteiger partial charge in [-0.3, -0.25) is 10.2 Å². The number of hydrogen-bond donors (Lipinski definition) is 2. The van der Waals surface area contributed by atoms with Crippen molar-refractivity contribution in [2.24, 2.45) is 0 Å². The molecule has 1 amide bonds. The van der Waals surface area contributed by atoms with Crippen molar-refractivity contribution in [1.82, 2.24) is 20.2 Å². The lowest BCUT2D eigenvalue weighted by molar-refractivity contribution is 0.0695. The Bertz CT molecular complexity index is 1240. The van der Waals surface area contributed by atoms with Crippen molar-refractivity contribution in [2.45, 2.75) is 26.2 Å². The summed E-state index contributed by atoms with van der Waals surface area (Å²) >= 11 is 19.0. The first kappa shape index (κ1) is 23.6. The number of carboxylic acid groups (broad SMARTS) is 1. The lowest BCUT2D eigenvalue weighted by atomic mass is 10.1. The Balaban J connectivity index is 1.85. The molecule has 0 radical (unpaired) electrons. The van der Waals surface area contributed by atoms with Crippen LogP contribution in [0.4, 0.5) is 0 Å². The summed E-state index contributed by atoms with van der Waals surface area (Å²) in [5.41, 5.74) is 5.40. The second kappa shape index (κ2) is 9.73. The van der Waals surface area contributed by atoms with Crippen LogP contribution in [0.2, 0.25) is 15.1 Å². The van der Waals surface area contributed by atoms with Crippen molar-refractivity contribution in [1.29, 1.82) is 0 Å². The number of piperidine rings is 1. The van der Waals surface area contributed by atoms with Gasteiger partial charge in [0.15, 0.2) is 5.69 Å². The van der Waals surface area contributed by atoms with E-state index in [0.29, 0.717) is 32.6 Å². The van der Waals surface area contributed by atoms with Gasteiger partial charge in [-0.25, -0.2) is 14.5 Å². The lowest BCUT2D eigenvalue weighted by Crippen LogP contribution is -2.45. The number of hydrogen-bond acceptors (Lipinski definition) is 4. The summed E-state index contributed by atoms with van der Waals surface area (Å²) in [5, 5.41) is 16.8. The smallest absolute Gasteiger partial charge is 0.335 e. The van der Waals surface area contributed by atoms with Gasteiger partial charge in [0.25, 0.3) is 5.91 Å². The van der Waals surface area contributed by atoms with E-state index < -0.39 is 5.97 Å². The van der Waals surface area contributed by atoms with Gasteiger partial charge >= 0.3 is 5.97 Å². The lowest BCUT2D eigenvalue weighted by Gasteiger charge is -2.26. The number of aromatic carboxylic acids is 1. The molecule has 2 aromatic carbocycles. The van der Waals surface area contributed by atoms with E-state index in [9.17, 15) is 14.7 Å². The van der Waals surface area contributed by atoms with E-state index in [4.69, 9.17) is 34.8 Å². The zero-order valence-electron chi connectivity index (χ0n) is 17.7. The van der Waals surface area contributed by atoms with E-state index in [1.54, 1.807) is 31.2 Å². The third-order valence-electron chi connectivity index (χ3n) is 5.56. The van der Waals surface area contributed by atoms with Crippen LogP contribution in [0.15, 0.2) is 36.4 Å². The molecule has 1 aliphatic rings. The molecule has 1 fully saturated rings. The van der Waals surface area contributed by atoms with Crippen LogP contribution < -0.4 is 5.43 Å². The number of carbonyl (C=O) groups is 2. The summed E-state index contributed by atoms with van der Waals surface area (Å²) in [6, 6.07) is 9.38. The number of hydrazine groups is 1. The van der Waals surface area contributed by atoms with Crippen LogP contribution in [0.25, 0.3) is 16.9 Å². The van der Waals surface area contributed by atoms with Crippen molar-refractivity contribution in [2.75, 3.05) is 13.1 Å². The molecule has 1 aliphatic heterocycles. The SMILES string of the molecule is Cc1c(C(=O)NN2CCCCC2)nn(-c2ccc(C(=O)O)cc2Cl)c1-c1ccc(Cl)cc1Cl. The molecule has 2 heterocycles. The Morgan fingerprint density at radius 1 is 1.00 bits per heavy atom. The monoisotopic (exact) mass is 506 g/mol. The molecular formula is C23H21Cl3N4O3. The molecule has 0 saturated carbocycles. The van der Waals surface area contributed by atoms with E-state index in [1.807, 2.05) is 5.01 Å². The van der Waals surface area contributed by atoms with E-state index >= 15 is 0 Å². The predicted octanol–water partition coefficient (Wildman–Crippen LogP) is 5.64. The molecular weight excluding hydrogens is 487 g/mol. The first-order valence-corrected chi connectivity index (χ1v) is 11.5. The van der Waals surface area contributed by atoms with Gasteiger partial charge in [-0.05, 0) is 56.2 Å². The summed E-state index contributed by atoms with van der Waals surface area (Å²) in [5.74, 6) is -1.43. The quantitative estimate of drug-likeness (QED) is 0.467. The Hall–Kier alpha value is -2.58. The van der Waals surface area contributed by atoms with Gasteiger partial charge in [0.05, 0.1) is 27.0 Å². The highest BCUT2D eigenvalue weighted by Crippen LogP contribution is 2.36. The van der Waals surface area contributed by atoms with Gasteiger partial charge in [0, 0.05) is 29.2 Å². The summed E-state index contributed by atoms with van der Waals surface area (Å²) in [6.45, 7) is 3.35.